The van der Waals surface area contributed by atoms with Gasteiger partial charge >= 0.3 is 0 Å². The Kier molecular flexibility index (Phi) is 5.16. The van der Waals surface area contributed by atoms with E-state index in [1.54, 1.807) is 0 Å². The average Bonchev–Trinajstić information content (AvgIpc) is 2.38. The molecule has 2 aliphatic rings. The number of rotatable bonds is 3. The van der Waals surface area contributed by atoms with Gasteiger partial charge in [0.2, 0.25) is 0 Å². The lowest BCUT2D eigenvalue weighted by atomic mass is 10.0. The number of ether oxygens (including phenoxy) is 1. The van der Waals surface area contributed by atoms with Gasteiger partial charge in [-0.3, -0.25) is 4.99 Å². The molecule has 17 heavy (non-hydrogen) atoms. The first kappa shape index (κ1) is 13.2. The number of nitrogens with zero attached hydrogens (tertiary/aromatic N) is 1. The van der Waals surface area contributed by atoms with Gasteiger partial charge in [-0.25, -0.2) is 0 Å². The van der Waals surface area contributed by atoms with Crippen molar-refractivity contribution in [3.05, 3.63) is 0 Å². The van der Waals surface area contributed by atoms with Gasteiger partial charge in [-0.2, -0.15) is 0 Å². The Hall–Kier alpha value is -0.220. The first-order valence-electron chi connectivity index (χ1n) is 6.81. The summed E-state index contributed by atoms with van der Waals surface area (Å²) in [6, 6.07) is 0.599. The van der Waals surface area contributed by atoms with Gasteiger partial charge in [-0.15, -0.1) is 0 Å². The van der Waals surface area contributed by atoms with Crippen LogP contribution in [0.3, 0.4) is 0 Å². The second-order valence-electron chi connectivity index (χ2n) is 5.27. The zero-order chi connectivity index (χ0) is 12.1. The van der Waals surface area contributed by atoms with Crippen LogP contribution in [0.4, 0.5) is 0 Å². The van der Waals surface area contributed by atoms with E-state index in [1.807, 2.05) is 11.8 Å². The molecule has 1 N–H and O–H groups in total. The largest absolute Gasteiger partial charge is 0.376 e. The van der Waals surface area contributed by atoms with Crippen LogP contribution in [0.25, 0.3) is 0 Å². The number of nitrogens with one attached hydrogen (secondary N) is 1. The Morgan fingerprint density at radius 2 is 2.29 bits per heavy atom. The Morgan fingerprint density at radius 3 is 3.00 bits per heavy atom. The van der Waals surface area contributed by atoms with Gasteiger partial charge in [0.15, 0.2) is 5.17 Å². The molecule has 0 saturated carbocycles. The lowest BCUT2D eigenvalue weighted by Gasteiger charge is -2.29. The average molecular weight is 256 g/mol. The summed E-state index contributed by atoms with van der Waals surface area (Å²) in [6.07, 6.45) is 5.30. The SMILES string of the molecule is CC(C)C1CCSC(=NCC2CCCCO2)N1. The highest BCUT2D eigenvalue weighted by atomic mass is 32.2. The molecule has 0 amide bonds. The van der Waals surface area contributed by atoms with Gasteiger partial charge in [-0.1, -0.05) is 25.6 Å². The first-order valence-corrected chi connectivity index (χ1v) is 7.79. The lowest BCUT2D eigenvalue weighted by molar-refractivity contribution is 0.0225. The molecule has 2 rings (SSSR count). The Labute approximate surface area is 109 Å². The van der Waals surface area contributed by atoms with Crippen molar-refractivity contribution in [1.29, 1.82) is 0 Å². The minimum Gasteiger partial charge on any atom is -0.376 e. The predicted octanol–water partition coefficient (Wildman–Crippen LogP) is 2.66. The highest BCUT2D eigenvalue weighted by molar-refractivity contribution is 8.13. The molecule has 2 saturated heterocycles. The molecule has 98 valence electrons. The minimum absolute atomic E-state index is 0.359. The van der Waals surface area contributed by atoms with Crippen molar-refractivity contribution in [3.8, 4) is 0 Å². The van der Waals surface area contributed by atoms with E-state index in [0.717, 1.165) is 18.3 Å². The van der Waals surface area contributed by atoms with E-state index in [2.05, 4.69) is 24.2 Å². The summed E-state index contributed by atoms with van der Waals surface area (Å²) >= 11 is 1.86. The molecule has 0 bridgehead atoms. The van der Waals surface area contributed by atoms with Gasteiger partial charge < -0.3 is 10.1 Å². The molecular formula is C13H24N2OS. The highest BCUT2D eigenvalue weighted by Gasteiger charge is 2.20. The summed E-state index contributed by atoms with van der Waals surface area (Å²) in [5, 5.41) is 4.68. The monoisotopic (exact) mass is 256 g/mol. The van der Waals surface area contributed by atoms with Crippen LogP contribution in [0.1, 0.15) is 39.5 Å². The van der Waals surface area contributed by atoms with E-state index in [9.17, 15) is 0 Å². The van der Waals surface area contributed by atoms with E-state index in [4.69, 9.17) is 4.74 Å². The number of aliphatic imine (C=N–C) groups is 1. The molecule has 0 radical (unpaired) electrons. The molecule has 0 aromatic carbocycles. The number of hydrogen-bond donors (Lipinski definition) is 1. The second kappa shape index (κ2) is 6.64. The fourth-order valence-corrected chi connectivity index (χ4v) is 3.25. The van der Waals surface area contributed by atoms with Crippen LogP contribution in [0.2, 0.25) is 0 Å². The quantitative estimate of drug-likeness (QED) is 0.843. The maximum atomic E-state index is 5.70. The summed E-state index contributed by atoms with van der Waals surface area (Å²) in [4.78, 5) is 4.68. The zero-order valence-electron chi connectivity index (χ0n) is 10.9. The van der Waals surface area contributed by atoms with Crippen molar-refractivity contribution < 1.29 is 4.74 Å². The summed E-state index contributed by atoms with van der Waals surface area (Å²) in [7, 11) is 0. The molecule has 0 aliphatic carbocycles. The van der Waals surface area contributed by atoms with Crippen LogP contribution < -0.4 is 5.32 Å². The van der Waals surface area contributed by atoms with E-state index in [-0.39, 0.29) is 0 Å². The Balaban J connectivity index is 1.79. The molecule has 4 heteroatoms. The van der Waals surface area contributed by atoms with E-state index >= 15 is 0 Å². The summed E-state index contributed by atoms with van der Waals surface area (Å²) < 4.78 is 5.70. The van der Waals surface area contributed by atoms with Crippen molar-refractivity contribution in [2.45, 2.75) is 51.7 Å². The smallest absolute Gasteiger partial charge is 0.156 e. The van der Waals surface area contributed by atoms with Crippen LogP contribution in [0.5, 0.6) is 0 Å². The summed E-state index contributed by atoms with van der Waals surface area (Å²) in [5.41, 5.74) is 0. The predicted molar refractivity (Wildman–Crippen MR) is 74.7 cm³/mol. The third-order valence-corrected chi connectivity index (χ3v) is 4.45. The summed E-state index contributed by atoms with van der Waals surface area (Å²) in [5.74, 6) is 1.88. The topological polar surface area (TPSA) is 33.6 Å². The minimum atomic E-state index is 0.359. The van der Waals surface area contributed by atoms with Crippen LogP contribution in [0, 0.1) is 5.92 Å². The van der Waals surface area contributed by atoms with Gasteiger partial charge in [0, 0.05) is 18.4 Å². The van der Waals surface area contributed by atoms with Crippen molar-refractivity contribution in [1.82, 2.24) is 5.32 Å². The Morgan fingerprint density at radius 1 is 1.41 bits per heavy atom. The normalized spacial score (nSPS) is 32.8. The Bertz CT molecular complexity index is 262. The number of amidine groups is 1. The maximum Gasteiger partial charge on any atom is 0.156 e. The molecule has 0 spiro atoms. The van der Waals surface area contributed by atoms with Crippen LogP contribution in [0.15, 0.2) is 4.99 Å². The van der Waals surface area contributed by atoms with Gasteiger partial charge in [0.25, 0.3) is 0 Å². The van der Waals surface area contributed by atoms with Crippen LogP contribution in [-0.2, 0) is 4.74 Å². The molecule has 2 heterocycles. The van der Waals surface area contributed by atoms with Crippen molar-refractivity contribution in [2.75, 3.05) is 18.9 Å². The third kappa shape index (κ3) is 4.18. The van der Waals surface area contributed by atoms with E-state index in [0.29, 0.717) is 18.1 Å². The molecule has 2 unspecified atom stereocenters. The van der Waals surface area contributed by atoms with Crippen LogP contribution in [-0.4, -0.2) is 36.2 Å². The molecule has 2 fully saturated rings. The number of thioether (sulfide) groups is 1. The van der Waals surface area contributed by atoms with Gasteiger partial charge in [0.05, 0.1) is 12.6 Å². The molecule has 2 aliphatic heterocycles. The van der Waals surface area contributed by atoms with Crippen molar-refractivity contribution in [2.24, 2.45) is 10.9 Å². The highest BCUT2D eigenvalue weighted by Crippen LogP contribution is 2.19. The second-order valence-corrected chi connectivity index (χ2v) is 6.35. The fraction of sp³-hybridized carbons (Fsp3) is 0.923. The maximum absolute atomic E-state index is 5.70. The van der Waals surface area contributed by atoms with Gasteiger partial charge in [-0.05, 0) is 31.6 Å². The van der Waals surface area contributed by atoms with E-state index < -0.39 is 0 Å². The zero-order valence-corrected chi connectivity index (χ0v) is 11.8. The first-order chi connectivity index (χ1) is 8.25. The van der Waals surface area contributed by atoms with Gasteiger partial charge in [0.1, 0.15) is 0 Å². The fourth-order valence-electron chi connectivity index (χ4n) is 2.28. The summed E-state index contributed by atoms with van der Waals surface area (Å²) in [6.45, 7) is 6.30. The lowest BCUT2D eigenvalue weighted by Crippen LogP contribution is -2.41. The standard InChI is InChI=1S/C13H24N2OS/c1-10(2)12-6-8-17-13(15-12)14-9-11-5-3-4-7-16-11/h10-12H,3-9H2,1-2H3,(H,14,15). The van der Waals surface area contributed by atoms with Crippen LogP contribution >= 0.6 is 11.8 Å². The third-order valence-electron chi connectivity index (χ3n) is 3.49. The molecule has 0 aromatic rings. The molecule has 2 atom stereocenters. The molecule has 3 nitrogen and oxygen atoms in total. The van der Waals surface area contributed by atoms with E-state index in [1.165, 1.54) is 31.4 Å². The molecule has 0 aromatic heterocycles. The number of hydrogen-bond acceptors (Lipinski definition) is 3. The molecular weight excluding hydrogens is 232 g/mol. The van der Waals surface area contributed by atoms with Crippen molar-refractivity contribution >= 4 is 16.9 Å². The van der Waals surface area contributed by atoms with Crippen molar-refractivity contribution in [3.63, 3.8) is 0 Å².